The lowest BCUT2D eigenvalue weighted by Gasteiger charge is -2.13. The molecule has 4 aromatic rings. The van der Waals surface area contributed by atoms with E-state index in [2.05, 4.69) is 19.8 Å². The first kappa shape index (κ1) is 20.8. The van der Waals surface area contributed by atoms with Gasteiger partial charge in [0.25, 0.3) is 10.0 Å². The van der Waals surface area contributed by atoms with Gasteiger partial charge in [0.05, 0.1) is 10.6 Å². The minimum atomic E-state index is -4.05. The largest absolute Gasteiger partial charge is 0.454 e. The van der Waals surface area contributed by atoms with E-state index in [1.165, 1.54) is 30.7 Å². The fourth-order valence-corrected chi connectivity index (χ4v) is 4.02. The van der Waals surface area contributed by atoms with Gasteiger partial charge in [-0.2, -0.15) is 5.10 Å². The van der Waals surface area contributed by atoms with Crippen LogP contribution in [0.4, 0.5) is 10.2 Å². The van der Waals surface area contributed by atoms with Crippen LogP contribution in [0.25, 0.3) is 11.3 Å². The Bertz CT molecular complexity index is 1350. The Kier molecular flexibility index (Phi) is 5.57. The van der Waals surface area contributed by atoms with Crippen molar-refractivity contribution in [1.29, 1.82) is 0 Å². The van der Waals surface area contributed by atoms with Gasteiger partial charge in [0, 0.05) is 30.0 Å². The fourth-order valence-electron chi connectivity index (χ4n) is 2.83. The molecule has 2 aromatic carbocycles. The van der Waals surface area contributed by atoms with Gasteiger partial charge in [0.2, 0.25) is 0 Å². The van der Waals surface area contributed by atoms with Gasteiger partial charge in [-0.05, 0) is 48.5 Å². The number of rotatable bonds is 6. The van der Waals surface area contributed by atoms with Crippen LogP contribution in [-0.2, 0) is 17.1 Å². The monoisotopic (exact) mass is 459 g/mol. The molecule has 8 nitrogen and oxygen atoms in total. The molecule has 11 heteroatoms. The molecule has 4 rings (SSSR count). The zero-order chi connectivity index (χ0) is 22.0. The SMILES string of the molecule is Cn1nccc1-c1cc(Cl)ccc1Oc1ccc(S(=O)(=O)Nc2ccncn2)cc1F. The normalized spacial score (nSPS) is 11.3. The molecule has 2 aromatic heterocycles. The number of hydrogen-bond donors (Lipinski definition) is 1. The lowest BCUT2D eigenvalue weighted by Crippen LogP contribution is -2.14. The Hall–Kier alpha value is -3.50. The van der Waals surface area contributed by atoms with Gasteiger partial charge < -0.3 is 4.74 Å². The molecule has 2 heterocycles. The number of ether oxygens (including phenoxy) is 1. The van der Waals surface area contributed by atoms with E-state index in [1.54, 1.807) is 42.2 Å². The van der Waals surface area contributed by atoms with Crippen LogP contribution in [0.5, 0.6) is 11.5 Å². The molecule has 0 aliphatic heterocycles. The number of anilines is 1. The van der Waals surface area contributed by atoms with Gasteiger partial charge in [-0.15, -0.1) is 0 Å². The van der Waals surface area contributed by atoms with Crippen LogP contribution >= 0.6 is 11.6 Å². The Morgan fingerprint density at radius 1 is 1.06 bits per heavy atom. The third-order valence-electron chi connectivity index (χ3n) is 4.29. The standard InChI is InChI=1S/C20H15ClFN5O3S/c1-27-17(6-9-25-27)15-10-13(21)2-4-18(15)30-19-5-3-14(11-16(19)22)31(28,29)26-20-7-8-23-12-24-20/h2-12H,1H3,(H,23,24,26). The van der Waals surface area contributed by atoms with Gasteiger partial charge in [0.1, 0.15) is 17.9 Å². The fraction of sp³-hybridized carbons (Fsp3) is 0.0500. The molecular formula is C20H15ClFN5O3S. The van der Waals surface area contributed by atoms with E-state index in [-0.39, 0.29) is 16.5 Å². The average Bonchev–Trinajstić information content (AvgIpc) is 3.16. The first-order valence-corrected chi connectivity index (χ1v) is 10.7. The number of aryl methyl sites for hydroxylation is 1. The number of halogens is 2. The van der Waals surface area contributed by atoms with Crippen molar-refractivity contribution in [3.8, 4) is 22.8 Å². The summed E-state index contributed by atoms with van der Waals surface area (Å²) in [7, 11) is -2.29. The number of aromatic nitrogens is 4. The zero-order valence-electron chi connectivity index (χ0n) is 16.0. The van der Waals surface area contributed by atoms with Crippen LogP contribution in [0.1, 0.15) is 0 Å². The van der Waals surface area contributed by atoms with Crippen molar-refractivity contribution in [2.24, 2.45) is 7.05 Å². The maximum atomic E-state index is 14.8. The smallest absolute Gasteiger partial charge is 0.263 e. The molecule has 0 bridgehead atoms. The lowest BCUT2D eigenvalue weighted by molar-refractivity contribution is 0.441. The van der Waals surface area contributed by atoms with Crippen LogP contribution < -0.4 is 9.46 Å². The van der Waals surface area contributed by atoms with E-state index in [9.17, 15) is 12.8 Å². The van der Waals surface area contributed by atoms with E-state index in [4.69, 9.17) is 16.3 Å². The van der Waals surface area contributed by atoms with Crippen LogP contribution in [0.15, 0.2) is 72.1 Å². The molecule has 0 aliphatic carbocycles. The summed E-state index contributed by atoms with van der Waals surface area (Å²) in [5, 5.41) is 4.60. The van der Waals surface area contributed by atoms with Crippen LogP contribution in [0.3, 0.4) is 0 Å². The minimum absolute atomic E-state index is 0.0673. The third-order valence-corrected chi connectivity index (χ3v) is 5.88. The number of benzene rings is 2. The predicted molar refractivity (Wildman–Crippen MR) is 113 cm³/mol. The van der Waals surface area contributed by atoms with Crippen molar-refractivity contribution in [1.82, 2.24) is 19.7 Å². The second-order valence-corrected chi connectivity index (χ2v) is 8.49. The Morgan fingerprint density at radius 2 is 1.87 bits per heavy atom. The second-order valence-electron chi connectivity index (χ2n) is 6.37. The Balaban J connectivity index is 1.64. The number of sulfonamides is 1. The molecule has 1 N–H and O–H groups in total. The highest BCUT2D eigenvalue weighted by atomic mass is 35.5. The second kappa shape index (κ2) is 8.32. The molecule has 31 heavy (non-hydrogen) atoms. The zero-order valence-corrected chi connectivity index (χ0v) is 17.6. The summed E-state index contributed by atoms with van der Waals surface area (Å²) < 4.78 is 49.4. The van der Waals surface area contributed by atoms with Crippen molar-refractivity contribution < 1.29 is 17.5 Å². The van der Waals surface area contributed by atoms with Crippen molar-refractivity contribution in [2.45, 2.75) is 4.90 Å². The average molecular weight is 460 g/mol. The highest BCUT2D eigenvalue weighted by Gasteiger charge is 2.19. The summed E-state index contributed by atoms with van der Waals surface area (Å²) in [5.74, 6) is -0.595. The lowest BCUT2D eigenvalue weighted by atomic mass is 10.1. The topological polar surface area (TPSA) is 99.0 Å². The molecule has 0 spiro atoms. The van der Waals surface area contributed by atoms with Crippen LogP contribution in [-0.4, -0.2) is 28.2 Å². The van der Waals surface area contributed by atoms with Gasteiger partial charge >= 0.3 is 0 Å². The van der Waals surface area contributed by atoms with Crippen LogP contribution in [0.2, 0.25) is 5.02 Å². The maximum Gasteiger partial charge on any atom is 0.263 e. The quantitative estimate of drug-likeness (QED) is 0.462. The Labute approximate surface area is 182 Å². The molecule has 0 saturated carbocycles. The first-order valence-electron chi connectivity index (χ1n) is 8.88. The molecule has 0 fully saturated rings. The van der Waals surface area contributed by atoms with Gasteiger partial charge in [0.15, 0.2) is 11.6 Å². The molecule has 0 amide bonds. The van der Waals surface area contributed by atoms with Crippen molar-refractivity contribution in [3.05, 3.63) is 78.1 Å². The van der Waals surface area contributed by atoms with E-state index in [1.807, 2.05) is 0 Å². The minimum Gasteiger partial charge on any atom is -0.454 e. The molecule has 158 valence electrons. The summed E-state index contributed by atoms with van der Waals surface area (Å²) in [4.78, 5) is 7.23. The Morgan fingerprint density at radius 3 is 2.55 bits per heavy atom. The highest BCUT2D eigenvalue weighted by Crippen LogP contribution is 2.36. The molecular weight excluding hydrogens is 445 g/mol. The van der Waals surface area contributed by atoms with Crippen molar-refractivity contribution in [2.75, 3.05) is 4.72 Å². The number of nitrogens with one attached hydrogen (secondary N) is 1. The van der Waals surface area contributed by atoms with Crippen molar-refractivity contribution in [3.63, 3.8) is 0 Å². The van der Waals surface area contributed by atoms with E-state index in [0.717, 1.165) is 6.07 Å². The summed E-state index contributed by atoms with van der Waals surface area (Å²) in [6.07, 6.45) is 4.20. The summed E-state index contributed by atoms with van der Waals surface area (Å²) >= 11 is 6.12. The summed E-state index contributed by atoms with van der Waals surface area (Å²) in [6, 6.07) is 11.4. The molecule has 0 aliphatic rings. The molecule has 0 unspecified atom stereocenters. The third kappa shape index (κ3) is 4.49. The number of hydrogen-bond acceptors (Lipinski definition) is 6. The van der Waals surface area contributed by atoms with Crippen LogP contribution in [0, 0.1) is 5.82 Å². The number of nitrogens with zero attached hydrogens (tertiary/aromatic N) is 4. The first-order chi connectivity index (χ1) is 14.8. The highest BCUT2D eigenvalue weighted by molar-refractivity contribution is 7.92. The van der Waals surface area contributed by atoms with Gasteiger partial charge in [-0.3, -0.25) is 9.40 Å². The van der Waals surface area contributed by atoms with Crippen molar-refractivity contribution >= 4 is 27.4 Å². The van der Waals surface area contributed by atoms with Gasteiger partial charge in [-0.25, -0.2) is 22.8 Å². The summed E-state index contributed by atoms with van der Waals surface area (Å²) in [6.45, 7) is 0. The maximum absolute atomic E-state index is 14.8. The summed E-state index contributed by atoms with van der Waals surface area (Å²) in [5.41, 5.74) is 1.32. The van der Waals surface area contributed by atoms with Gasteiger partial charge in [-0.1, -0.05) is 11.6 Å². The molecule has 0 atom stereocenters. The van der Waals surface area contributed by atoms with E-state index in [0.29, 0.717) is 22.0 Å². The van der Waals surface area contributed by atoms with E-state index < -0.39 is 15.8 Å². The molecule has 0 saturated heterocycles. The predicted octanol–water partition coefficient (Wildman–Crippen LogP) is 4.26. The molecule has 0 radical (unpaired) electrons. The van der Waals surface area contributed by atoms with E-state index >= 15 is 0 Å².